The third-order valence-electron chi connectivity index (χ3n) is 6.63. The van der Waals surface area contributed by atoms with E-state index in [1.807, 2.05) is 0 Å². The van der Waals surface area contributed by atoms with Crippen molar-refractivity contribution >= 4 is 29.1 Å². The Morgan fingerprint density at radius 3 is 2.52 bits per heavy atom. The highest BCUT2D eigenvalue weighted by Gasteiger charge is 2.57. The van der Waals surface area contributed by atoms with E-state index in [1.54, 1.807) is 31.3 Å². The summed E-state index contributed by atoms with van der Waals surface area (Å²) in [6, 6.07) is 7.04. The number of halogens is 1. The largest absolute Gasteiger partial charge is 0.390 e. The number of amides is 2. The molecule has 4 bridgehead atoms. The Morgan fingerprint density at radius 1 is 1.22 bits per heavy atom. The number of para-hydroxylation sites is 1. The van der Waals surface area contributed by atoms with Crippen LogP contribution in [0.15, 0.2) is 24.3 Å². The van der Waals surface area contributed by atoms with Gasteiger partial charge in [0.05, 0.1) is 22.9 Å². The number of nitrogens with zero attached hydrogens (tertiary/aromatic N) is 1. The van der Waals surface area contributed by atoms with Crippen molar-refractivity contribution in [3.8, 4) is 0 Å². The van der Waals surface area contributed by atoms with Crippen molar-refractivity contribution in [3.63, 3.8) is 0 Å². The fourth-order valence-corrected chi connectivity index (χ4v) is 6.30. The molecule has 2 N–H and O–H groups in total. The molecule has 4 fully saturated rings. The zero-order valence-electron chi connectivity index (χ0n) is 15.7. The molecule has 6 heteroatoms. The molecular weight excluding hydrogens is 364 g/mol. The minimum Gasteiger partial charge on any atom is -0.390 e. The molecule has 0 spiro atoms. The maximum absolute atomic E-state index is 12.8. The molecule has 0 saturated heterocycles. The van der Waals surface area contributed by atoms with Crippen LogP contribution in [0.2, 0.25) is 5.02 Å². The molecule has 4 aliphatic rings. The second-order valence-corrected chi connectivity index (χ2v) is 9.55. The van der Waals surface area contributed by atoms with Crippen LogP contribution in [0.25, 0.3) is 0 Å². The van der Waals surface area contributed by atoms with Gasteiger partial charge >= 0.3 is 0 Å². The predicted octanol–water partition coefficient (Wildman–Crippen LogP) is 3.46. The average molecular weight is 391 g/mol. The first-order valence-corrected chi connectivity index (χ1v) is 10.1. The molecule has 5 rings (SSSR count). The highest BCUT2D eigenvalue weighted by Crippen LogP contribution is 2.62. The summed E-state index contributed by atoms with van der Waals surface area (Å²) in [6.45, 7) is -0.00272. The number of rotatable bonds is 5. The van der Waals surface area contributed by atoms with Gasteiger partial charge in [-0.05, 0) is 67.9 Å². The summed E-state index contributed by atoms with van der Waals surface area (Å²) in [5.74, 6) is 0.828. The topological polar surface area (TPSA) is 69.6 Å². The van der Waals surface area contributed by atoms with E-state index in [2.05, 4.69) is 5.32 Å². The molecule has 0 aliphatic heterocycles. The van der Waals surface area contributed by atoms with Gasteiger partial charge in [0.1, 0.15) is 0 Å². The van der Waals surface area contributed by atoms with Crippen molar-refractivity contribution in [3.05, 3.63) is 29.3 Å². The zero-order chi connectivity index (χ0) is 19.2. The quantitative estimate of drug-likeness (QED) is 0.808. The fourth-order valence-electron chi connectivity index (χ4n) is 6.12. The molecule has 2 amide bonds. The van der Waals surface area contributed by atoms with E-state index in [9.17, 15) is 14.7 Å². The normalized spacial score (nSPS) is 33.7. The number of benzene rings is 1. The van der Waals surface area contributed by atoms with E-state index in [4.69, 9.17) is 11.6 Å². The van der Waals surface area contributed by atoms with Gasteiger partial charge < -0.3 is 15.3 Å². The second kappa shape index (κ2) is 6.78. The molecule has 1 aromatic carbocycles. The first-order valence-electron chi connectivity index (χ1n) is 9.77. The lowest BCUT2D eigenvalue weighted by atomic mass is 9.47. The first-order chi connectivity index (χ1) is 12.8. The molecule has 5 nitrogen and oxygen atoms in total. The van der Waals surface area contributed by atoms with Crippen molar-refractivity contribution in [2.75, 3.05) is 18.9 Å². The standard InChI is InChI=1S/C21H27ClN2O3/c1-24(12-18(25)23-17-5-3-2-4-16(17)22)19(26)11-20-7-14-6-15(8-20)10-21(27,9-14)13-20/h2-5,14-15,27H,6-13H2,1H3,(H,23,25). The maximum atomic E-state index is 12.8. The van der Waals surface area contributed by atoms with E-state index < -0.39 is 5.60 Å². The molecule has 2 atom stereocenters. The van der Waals surface area contributed by atoms with Gasteiger partial charge in [0, 0.05) is 13.5 Å². The Hall–Kier alpha value is -1.59. The van der Waals surface area contributed by atoms with Crippen LogP contribution in [0.4, 0.5) is 5.69 Å². The minimum atomic E-state index is -0.565. The van der Waals surface area contributed by atoms with Crippen LogP contribution < -0.4 is 5.32 Å². The molecule has 1 aromatic rings. The number of anilines is 1. The predicted molar refractivity (Wildman–Crippen MR) is 104 cm³/mol. The molecule has 27 heavy (non-hydrogen) atoms. The third-order valence-corrected chi connectivity index (χ3v) is 6.96. The third kappa shape index (κ3) is 3.85. The van der Waals surface area contributed by atoms with Gasteiger partial charge in [0.15, 0.2) is 0 Å². The van der Waals surface area contributed by atoms with Gasteiger partial charge in [-0.15, -0.1) is 0 Å². The lowest BCUT2D eigenvalue weighted by Crippen LogP contribution is -2.56. The number of hydrogen-bond donors (Lipinski definition) is 2. The highest BCUT2D eigenvalue weighted by molar-refractivity contribution is 6.33. The Balaban J connectivity index is 1.36. The SMILES string of the molecule is CN(CC(=O)Nc1ccccc1Cl)C(=O)CC12CC3CC(CC(O)(C3)C1)C2. The van der Waals surface area contributed by atoms with Crippen molar-refractivity contribution in [1.29, 1.82) is 0 Å². The Morgan fingerprint density at radius 2 is 1.89 bits per heavy atom. The number of aliphatic hydroxyl groups is 1. The van der Waals surface area contributed by atoms with Gasteiger partial charge in [0.2, 0.25) is 11.8 Å². The van der Waals surface area contributed by atoms with Crippen LogP contribution in [0.3, 0.4) is 0 Å². The summed E-state index contributed by atoms with van der Waals surface area (Å²) < 4.78 is 0. The van der Waals surface area contributed by atoms with E-state index >= 15 is 0 Å². The van der Waals surface area contributed by atoms with E-state index in [-0.39, 0.29) is 23.8 Å². The van der Waals surface area contributed by atoms with Crippen LogP contribution in [0, 0.1) is 17.3 Å². The highest BCUT2D eigenvalue weighted by atomic mass is 35.5. The van der Waals surface area contributed by atoms with Crippen LogP contribution in [0.5, 0.6) is 0 Å². The van der Waals surface area contributed by atoms with E-state index in [1.165, 1.54) is 11.3 Å². The Labute approximate surface area is 165 Å². The minimum absolute atomic E-state index is 0.00272. The molecule has 2 unspecified atom stereocenters. The van der Waals surface area contributed by atoms with E-state index in [0.717, 1.165) is 32.1 Å². The molecule has 146 valence electrons. The summed E-state index contributed by atoms with van der Waals surface area (Å²) in [5, 5.41) is 14.1. The van der Waals surface area contributed by atoms with Crippen LogP contribution >= 0.6 is 11.6 Å². The number of carbonyl (C=O) groups excluding carboxylic acids is 2. The van der Waals surface area contributed by atoms with Crippen molar-refractivity contribution in [2.45, 2.75) is 50.5 Å². The van der Waals surface area contributed by atoms with Crippen LogP contribution in [-0.2, 0) is 9.59 Å². The fraction of sp³-hybridized carbons (Fsp3) is 0.619. The first kappa shape index (κ1) is 18.8. The lowest BCUT2D eigenvalue weighted by Gasteiger charge is -2.60. The van der Waals surface area contributed by atoms with Gasteiger partial charge in [-0.25, -0.2) is 0 Å². The van der Waals surface area contributed by atoms with Crippen molar-refractivity contribution in [2.24, 2.45) is 17.3 Å². The summed E-state index contributed by atoms with van der Waals surface area (Å²) >= 11 is 6.07. The molecule has 0 heterocycles. The lowest BCUT2D eigenvalue weighted by molar-refractivity contribution is -0.171. The Bertz CT molecular complexity index is 752. The molecule has 0 radical (unpaired) electrons. The monoisotopic (exact) mass is 390 g/mol. The zero-order valence-corrected chi connectivity index (χ0v) is 16.5. The van der Waals surface area contributed by atoms with Gasteiger partial charge in [-0.3, -0.25) is 9.59 Å². The molecule has 4 aliphatic carbocycles. The van der Waals surface area contributed by atoms with Gasteiger partial charge in [-0.1, -0.05) is 23.7 Å². The molecule has 0 aromatic heterocycles. The summed E-state index contributed by atoms with van der Waals surface area (Å²) in [4.78, 5) is 26.6. The second-order valence-electron chi connectivity index (χ2n) is 9.14. The maximum Gasteiger partial charge on any atom is 0.244 e. The molecular formula is C21H27ClN2O3. The smallest absolute Gasteiger partial charge is 0.244 e. The molecule has 4 saturated carbocycles. The Kier molecular flexibility index (Phi) is 4.71. The summed E-state index contributed by atoms with van der Waals surface area (Å²) in [7, 11) is 1.67. The summed E-state index contributed by atoms with van der Waals surface area (Å²) in [5.41, 5.74) is -0.0957. The van der Waals surface area contributed by atoms with Crippen LogP contribution in [-0.4, -0.2) is 41.0 Å². The number of carbonyl (C=O) groups is 2. The van der Waals surface area contributed by atoms with Gasteiger partial charge in [0.25, 0.3) is 0 Å². The number of likely N-dealkylation sites (N-methyl/N-ethyl adjacent to an activating group) is 1. The average Bonchev–Trinajstić information content (AvgIpc) is 2.54. The van der Waals surface area contributed by atoms with E-state index in [0.29, 0.717) is 29.0 Å². The number of nitrogens with one attached hydrogen (secondary N) is 1. The van der Waals surface area contributed by atoms with Crippen molar-refractivity contribution in [1.82, 2.24) is 4.90 Å². The van der Waals surface area contributed by atoms with Gasteiger partial charge in [-0.2, -0.15) is 0 Å². The number of hydrogen-bond acceptors (Lipinski definition) is 3. The van der Waals surface area contributed by atoms with Crippen LogP contribution in [0.1, 0.15) is 44.9 Å². The van der Waals surface area contributed by atoms with Crippen molar-refractivity contribution < 1.29 is 14.7 Å². The summed E-state index contributed by atoms with van der Waals surface area (Å²) in [6.07, 6.45) is 6.24.